The van der Waals surface area contributed by atoms with Crippen LogP contribution in [0.3, 0.4) is 0 Å². The van der Waals surface area contributed by atoms with Gasteiger partial charge in [-0.15, -0.1) is 0 Å². The Morgan fingerprint density at radius 2 is 2.35 bits per heavy atom. The summed E-state index contributed by atoms with van der Waals surface area (Å²) in [6.07, 6.45) is 3.19. The highest BCUT2D eigenvalue weighted by Gasteiger charge is 2.12. The Balaban J connectivity index is 2.59. The number of oxime groups is 1. The van der Waals surface area contributed by atoms with E-state index >= 15 is 0 Å². The number of nitrogens with zero attached hydrogens (tertiary/aromatic N) is 4. The summed E-state index contributed by atoms with van der Waals surface area (Å²) in [5.41, 5.74) is 7.17. The largest absolute Gasteiger partial charge is 0.409 e. The third-order valence-electron chi connectivity index (χ3n) is 2.22. The fourth-order valence-electron chi connectivity index (χ4n) is 1.39. The molecule has 0 spiro atoms. The number of aromatic nitrogens is 3. The summed E-state index contributed by atoms with van der Waals surface area (Å²) in [6, 6.07) is 3.48. The maximum Gasteiger partial charge on any atom is 0.190 e. The summed E-state index contributed by atoms with van der Waals surface area (Å²) in [6.45, 7) is 1.79. The lowest BCUT2D eigenvalue weighted by atomic mass is 10.3. The minimum absolute atomic E-state index is 0.0788. The van der Waals surface area contributed by atoms with Crippen molar-refractivity contribution in [1.29, 1.82) is 0 Å². The summed E-state index contributed by atoms with van der Waals surface area (Å²) in [5, 5.41) is 16.4. The molecule has 0 aliphatic carbocycles. The van der Waals surface area contributed by atoms with Crippen LogP contribution < -0.4 is 5.73 Å². The van der Waals surface area contributed by atoms with Crippen molar-refractivity contribution in [2.75, 3.05) is 0 Å². The third-order valence-corrected chi connectivity index (χ3v) is 2.59. The van der Waals surface area contributed by atoms with Gasteiger partial charge in [0.05, 0.1) is 16.4 Å². The summed E-state index contributed by atoms with van der Waals surface area (Å²) in [4.78, 5) is 4.05. The molecule has 0 saturated heterocycles. The van der Waals surface area contributed by atoms with Crippen LogP contribution in [0.2, 0.25) is 5.02 Å². The van der Waals surface area contributed by atoms with Gasteiger partial charge in [0.25, 0.3) is 0 Å². The van der Waals surface area contributed by atoms with Crippen molar-refractivity contribution >= 4 is 17.4 Å². The number of nitrogens with two attached hydrogens (primary N) is 1. The molecule has 17 heavy (non-hydrogen) atoms. The number of amidine groups is 1. The molecule has 2 rings (SSSR count). The number of aryl methyl sites for hydroxylation is 1. The fourth-order valence-corrected chi connectivity index (χ4v) is 1.52. The molecule has 0 amide bonds. The quantitative estimate of drug-likeness (QED) is 0.365. The minimum atomic E-state index is -0.0788. The Hall–Kier alpha value is -2.08. The van der Waals surface area contributed by atoms with Crippen molar-refractivity contribution in [1.82, 2.24) is 14.8 Å². The van der Waals surface area contributed by atoms with Crippen molar-refractivity contribution in [3.63, 3.8) is 0 Å². The van der Waals surface area contributed by atoms with Crippen LogP contribution in [0.1, 0.15) is 11.4 Å². The Morgan fingerprint density at radius 3 is 2.94 bits per heavy atom. The molecule has 0 atom stereocenters. The molecule has 0 radical (unpaired) electrons. The lowest BCUT2D eigenvalue weighted by molar-refractivity contribution is 0.318. The van der Waals surface area contributed by atoms with E-state index in [1.165, 1.54) is 4.68 Å². The maximum absolute atomic E-state index is 8.69. The van der Waals surface area contributed by atoms with Gasteiger partial charge in [0.1, 0.15) is 5.69 Å². The highest BCUT2D eigenvalue weighted by atomic mass is 35.5. The standard InChI is InChI=1S/C10H10ClN5O/c1-6-7(11)5-16(14-6)8-3-2-4-13-9(8)10(12)15-17/h2-5,17H,1H3,(H2,12,15). The first kappa shape index (κ1) is 11.4. The van der Waals surface area contributed by atoms with Gasteiger partial charge in [-0.3, -0.25) is 4.98 Å². The number of pyridine rings is 1. The second kappa shape index (κ2) is 4.42. The van der Waals surface area contributed by atoms with Crippen molar-refractivity contribution in [3.8, 4) is 5.69 Å². The number of hydrogen-bond donors (Lipinski definition) is 2. The topological polar surface area (TPSA) is 89.3 Å². The van der Waals surface area contributed by atoms with Gasteiger partial charge in [-0.2, -0.15) is 5.10 Å². The van der Waals surface area contributed by atoms with Crippen LogP contribution in [0, 0.1) is 6.92 Å². The molecule has 0 bridgehead atoms. The van der Waals surface area contributed by atoms with E-state index in [1.54, 1.807) is 31.5 Å². The predicted molar refractivity (Wildman–Crippen MR) is 63.6 cm³/mol. The maximum atomic E-state index is 8.69. The lowest BCUT2D eigenvalue weighted by Crippen LogP contribution is -2.18. The molecule has 0 aliphatic rings. The smallest absolute Gasteiger partial charge is 0.190 e. The Bertz CT molecular complexity index is 558. The van der Waals surface area contributed by atoms with Gasteiger partial charge in [-0.25, -0.2) is 4.68 Å². The first-order valence-corrected chi connectivity index (χ1v) is 5.16. The second-order valence-electron chi connectivity index (χ2n) is 3.36. The Kier molecular flexibility index (Phi) is 2.97. The number of rotatable bonds is 2. The molecule has 7 heteroatoms. The van der Waals surface area contributed by atoms with Crippen LogP contribution >= 0.6 is 11.6 Å². The molecule has 3 N–H and O–H groups in total. The molecule has 0 aliphatic heterocycles. The van der Waals surface area contributed by atoms with Crippen LogP contribution in [0.4, 0.5) is 0 Å². The zero-order valence-electron chi connectivity index (χ0n) is 9.00. The summed E-state index contributed by atoms with van der Waals surface area (Å²) < 4.78 is 1.54. The van der Waals surface area contributed by atoms with Crippen LogP contribution in [0.25, 0.3) is 5.69 Å². The molecule has 2 aromatic rings. The van der Waals surface area contributed by atoms with E-state index in [0.29, 0.717) is 22.1 Å². The van der Waals surface area contributed by atoms with E-state index < -0.39 is 0 Å². The molecule has 0 saturated carbocycles. The van der Waals surface area contributed by atoms with Crippen molar-refractivity contribution in [3.05, 3.63) is 40.9 Å². The Labute approximate surface area is 102 Å². The van der Waals surface area contributed by atoms with Gasteiger partial charge in [0.15, 0.2) is 5.84 Å². The van der Waals surface area contributed by atoms with Crippen LogP contribution in [0.5, 0.6) is 0 Å². The van der Waals surface area contributed by atoms with Crippen molar-refractivity contribution < 1.29 is 5.21 Å². The minimum Gasteiger partial charge on any atom is -0.409 e. The van der Waals surface area contributed by atoms with Crippen molar-refractivity contribution in [2.45, 2.75) is 6.92 Å². The molecule has 0 aromatic carbocycles. The molecule has 88 valence electrons. The normalized spacial score (nSPS) is 11.8. The number of halogens is 1. The average Bonchev–Trinajstić information content (AvgIpc) is 2.68. The van der Waals surface area contributed by atoms with E-state index in [0.717, 1.165) is 0 Å². The number of hydrogen-bond acceptors (Lipinski definition) is 4. The Morgan fingerprint density at radius 1 is 1.59 bits per heavy atom. The van der Waals surface area contributed by atoms with E-state index in [9.17, 15) is 0 Å². The summed E-state index contributed by atoms with van der Waals surface area (Å²) in [5.74, 6) is -0.0788. The highest BCUT2D eigenvalue weighted by Crippen LogP contribution is 2.17. The van der Waals surface area contributed by atoms with Gasteiger partial charge < -0.3 is 10.9 Å². The van der Waals surface area contributed by atoms with E-state index in [4.69, 9.17) is 22.5 Å². The first-order valence-electron chi connectivity index (χ1n) is 4.78. The molecule has 2 aromatic heterocycles. The zero-order valence-corrected chi connectivity index (χ0v) is 9.76. The SMILES string of the molecule is Cc1nn(-c2cccnc2/C(N)=N/O)cc1Cl. The summed E-state index contributed by atoms with van der Waals surface area (Å²) >= 11 is 5.93. The lowest BCUT2D eigenvalue weighted by Gasteiger charge is -2.06. The molecule has 0 unspecified atom stereocenters. The van der Waals surface area contributed by atoms with E-state index in [1.807, 2.05) is 0 Å². The highest BCUT2D eigenvalue weighted by molar-refractivity contribution is 6.31. The van der Waals surface area contributed by atoms with Crippen LogP contribution in [0.15, 0.2) is 29.7 Å². The third kappa shape index (κ3) is 2.07. The van der Waals surface area contributed by atoms with E-state index in [-0.39, 0.29) is 5.84 Å². The second-order valence-corrected chi connectivity index (χ2v) is 3.77. The molecule has 6 nitrogen and oxygen atoms in total. The van der Waals surface area contributed by atoms with Crippen LogP contribution in [-0.4, -0.2) is 25.8 Å². The monoisotopic (exact) mass is 251 g/mol. The van der Waals surface area contributed by atoms with E-state index in [2.05, 4.69) is 15.2 Å². The van der Waals surface area contributed by atoms with Gasteiger partial charge in [0, 0.05) is 12.4 Å². The van der Waals surface area contributed by atoms with Crippen LogP contribution in [-0.2, 0) is 0 Å². The van der Waals surface area contributed by atoms with Gasteiger partial charge in [0.2, 0.25) is 0 Å². The van der Waals surface area contributed by atoms with Gasteiger partial charge >= 0.3 is 0 Å². The van der Waals surface area contributed by atoms with Gasteiger partial charge in [-0.05, 0) is 19.1 Å². The molecular formula is C10H10ClN5O. The average molecular weight is 252 g/mol. The molecular weight excluding hydrogens is 242 g/mol. The molecule has 0 fully saturated rings. The fraction of sp³-hybridized carbons (Fsp3) is 0.100. The summed E-state index contributed by atoms with van der Waals surface area (Å²) in [7, 11) is 0. The predicted octanol–water partition coefficient (Wildman–Crippen LogP) is 1.32. The van der Waals surface area contributed by atoms with Gasteiger partial charge in [-0.1, -0.05) is 16.8 Å². The van der Waals surface area contributed by atoms with Crippen molar-refractivity contribution in [2.24, 2.45) is 10.9 Å². The molecule has 2 heterocycles. The first-order chi connectivity index (χ1) is 8.13. The zero-order chi connectivity index (χ0) is 12.4.